The molecule has 0 bridgehead atoms. The number of nitrogens with two attached hydrogens (primary N) is 1. The average Bonchev–Trinajstić information content (AvgIpc) is 2.62. The van der Waals surface area contributed by atoms with Crippen LogP contribution in [0.15, 0.2) is 29.3 Å². The molecular formula is C13H16N4. The Morgan fingerprint density at radius 2 is 1.76 bits per heavy atom. The van der Waals surface area contributed by atoms with Crippen LogP contribution >= 0.6 is 0 Å². The van der Waals surface area contributed by atoms with Gasteiger partial charge in [0, 0.05) is 17.3 Å². The smallest absolute Gasteiger partial charge is 0.175 e. The van der Waals surface area contributed by atoms with Gasteiger partial charge in [-0.05, 0) is 32.9 Å². The third-order valence-corrected chi connectivity index (χ3v) is 2.44. The second kappa shape index (κ2) is 4.41. The fourth-order valence-corrected chi connectivity index (χ4v) is 1.77. The third kappa shape index (κ3) is 2.72. The Labute approximate surface area is 101 Å². The first-order valence-corrected chi connectivity index (χ1v) is 5.49. The standard InChI is InChI=1S/C13H16N4/c1-8-4-9(2)6-11(5-8)13(14)15-12-7-10(3)16-17-12/h4-7H,1-3H3,(H3,14,15,16,17). The molecule has 0 atom stereocenters. The van der Waals surface area contributed by atoms with Gasteiger partial charge in [-0.3, -0.25) is 5.10 Å². The van der Waals surface area contributed by atoms with Crippen LogP contribution in [-0.4, -0.2) is 16.0 Å². The van der Waals surface area contributed by atoms with Gasteiger partial charge in [0.2, 0.25) is 0 Å². The molecule has 4 nitrogen and oxygen atoms in total. The third-order valence-electron chi connectivity index (χ3n) is 2.44. The van der Waals surface area contributed by atoms with Crippen molar-refractivity contribution in [2.45, 2.75) is 20.8 Å². The Hall–Kier alpha value is -2.10. The minimum absolute atomic E-state index is 0.489. The number of rotatable bonds is 2. The van der Waals surface area contributed by atoms with Crippen LogP contribution in [0.2, 0.25) is 0 Å². The van der Waals surface area contributed by atoms with E-state index in [9.17, 15) is 0 Å². The number of amidine groups is 1. The SMILES string of the molecule is Cc1cc(C)cc(C(N)=Nc2cc(C)[nH]n2)c1. The molecule has 0 spiro atoms. The quantitative estimate of drug-likeness (QED) is 0.612. The summed E-state index contributed by atoms with van der Waals surface area (Å²) >= 11 is 0. The zero-order valence-electron chi connectivity index (χ0n) is 10.3. The Balaban J connectivity index is 2.36. The number of hydrogen-bond acceptors (Lipinski definition) is 2. The number of aromatic nitrogens is 2. The maximum absolute atomic E-state index is 5.97. The summed E-state index contributed by atoms with van der Waals surface area (Å²) in [6.07, 6.45) is 0. The number of aryl methyl sites for hydroxylation is 3. The van der Waals surface area contributed by atoms with Crippen molar-refractivity contribution in [1.82, 2.24) is 10.2 Å². The van der Waals surface area contributed by atoms with Crippen molar-refractivity contribution in [2.24, 2.45) is 10.7 Å². The fraction of sp³-hybridized carbons (Fsp3) is 0.231. The minimum Gasteiger partial charge on any atom is -0.383 e. The van der Waals surface area contributed by atoms with Crippen LogP contribution in [0.3, 0.4) is 0 Å². The van der Waals surface area contributed by atoms with Crippen LogP contribution in [0.25, 0.3) is 0 Å². The summed E-state index contributed by atoms with van der Waals surface area (Å²) in [5.41, 5.74) is 10.2. The number of benzene rings is 1. The second-order valence-electron chi connectivity index (χ2n) is 4.28. The molecule has 0 radical (unpaired) electrons. The zero-order chi connectivity index (χ0) is 12.4. The van der Waals surface area contributed by atoms with Crippen molar-refractivity contribution in [2.75, 3.05) is 0 Å². The molecule has 0 aliphatic carbocycles. The van der Waals surface area contributed by atoms with Gasteiger partial charge in [0.05, 0.1) is 0 Å². The largest absolute Gasteiger partial charge is 0.383 e. The van der Waals surface area contributed by atoms with Gasteiger partial charge >= 0.3 is 0 Å². The normalized spacial score (nSPS) is 11.8. The highest BCUT2D eigenvalue weighted by Gasteiger charge is 2.02. The van der Waals surface area contributed by atoms with Gasteiger partial charge in [0.15, 0.2) is 5.82 Å². The van der Waals surface area contributed by atoms with Crippen LogP contribution in [-0.2, 0) is 0 Å². The minimum atomic E-state index is 0.489. The van der Waals surface area contributed by atoms with E-state index in [1.807, 2.05) is 39.0 Å². The van der Waals surface area contributed by atoms with Gasteiger partial charge in [0.1, 0.15) is 5.84 Å². The summed E-state index contributed by atoms with van der Waals surface area (Å²) in [5, 5.41) is 6.87. The van der Waals surface area contributed by atoms with Crippen molar-refractivity contribution in [3.63, 3.8) is 0 Å². The number of nitrogens with one attached hydrogen (secondary N) is 1. The number of H-pyrrole nitrogens is 1. The molecule has 3 N–H and O–H groups in total. The summed E-state index contributed by atoms with van der Waals surface area (Å²) in [6.45, 7) is 6.02. The number of aromatic amines is 1. The molecule has 2 rings (SSSR count). The first kappa shape index (κ1) is 11.4. The molecule has 0 aliphatic rings. The van der Waals surface area contributed by atoms with Crippen molar-refractivity contribution < 1.29 is 0 Å². The van der Waals surface area contributed by atoms with E-state index >= 15 is 0 Å². The number of nitrogens with zero attached hydrogens (tertiary/aromatic N) is 2. The Morgan fingerprint density at radius 1 is 1.12 bits per heavy atom. The molecule has 0 unspecified atom stereocenters. The van der Waals surface area contributed by atoms with E-state index in [2.05, 4.69) is 21.3 Å². The van der Waals surface area contributed by atoms with Gasteiger partial charge in [0.25, 0.3) is 0 Å². The average molecular weight is 228 g/mol. The molecule has 0 fully saturated rings. The number of aliphatic imine (C=N–C) groups is 1. The van der Waals surface area contributed by atoms with Crippen molar-refractivity contribution in [3.05, 3.63) is 46.6 Å². The fourth-order valence-electron chi connectivity index (χ4n) is 1.77. The molecule has 0 saturated heterocycles. The molecule has 4 heteroatoms. The lowest BCUT2D eigenvalue weighted by Gasteiger charge is -2.03. The highest BCUT2D eigenvalue weighted by atomic mass is 15.2. The molecule has 1 aromatic heterocycles. The first-order chi connectivity index (χ1) is 8.04. The van der Waals surface area contributed by atoms with E-state index in [1.165, 1.54) is 11.1 Å². The van der Waals surface area contributed by atoms with Gasteiger partial charge in [-0.2, -0.15) is 5.10 Å². The predicted octanol–water partition coefficient (Wildman–Crippen LogP) is 2.37. The van der Waals surface area contributed by atoms with Gasteiger partial charge < -0.3 is 5.73 Å². The number of hydrogen-bond donors (Lipinski definition) is 2. The summed E-state index contributed by atoms with van der Waals surface area (Å²) in [6, 6.07) is 8.00. The first-order valence-electron chi connectivity index (χ1n) is 5.49. The zero-order valence-corrected chi connectivity index (χ0v) is 10.3. The summed E-state index contributed by atoms with van der Waals surface area (Å²) in [5.74, 6) is 1.10. The van der Waals surface area contributed by atoms with Crippen LogP contribution in [0.5, 0.6) is 0 Å². The van der Waals surface area contributed by atoms with E-state index < -0.39 is 0 Å². The van der Waals surface area contributed by atoms with Gasteiger partial charge in [-0.1, -0.05) is 17.2 Å². The van der Waals surface area contributed by atoms with Crippen LogP contribution in [0.4, 0.5) is 5.82 Å². The molecule has 2 aromatic rings. The van der Waals surface area contributed by atoms with E-state index in [4.69, 9.17) is 5.73 Å². The summed E-state index contributed by atoms with van der Waals surface area (Å²) < 4.78 is 0. The summed E-state index contributed by atoms with van der Waals surface area (Å²) in [7, 11) is 0. The van der Waals surface area contributed by atoms with E-state index in [-0.39, 0.29) is 0 Å². The predicted molar refractivity (Wildman–Crippen MR) is 69.6 cm³/mol. The highest BCUT2D eigenvalue weighted by Crippen LogP contribution is 2.12. The summed E-state index contributed by atoms with van der Waals surface area (Å²) in [4.78, 5) is 4.28. The molecule has 1 aromatic carbocycles. The van der Waals surface area contributed by atoms with Crippen molar-refractivity contribution >= 4 is 11.7 Å². The van der Waals surface area contributed by atoms with Gasteiger partial charge in [-0.15, -0.1) is 0 Å². The monoisotopic (exact) mass is 228 g/mol. The van der Waals surface area contributed by atoms with Crippen LogP contribution < -0.4 is 5.73 Å². The molecule has 0 aliphatic heterocycles. The van der Waals surface area contributed by atoms with Gasteiger partial charge in [-0.25, -0.2) is 4.99 Å². The van der Waals surface area contributed by atoms with Crippen molar-refractivity contribution in [3.8, 4) is 0 Å². The lowest BCUT2D eigenvalue weighted by molar-refractivity contribution is 1.04. The molecule has 0 amide bonds. The van der Waals surface area contributed by atoms with E-state index in [0.717, 1.165) is 11.3 Å². The lowest BCUT2D eigenvalue weighted by Crippen LogP contribution is -2.13. The molecule has 17 heavy (non-hydrogen) atoms. The van der Waals surface area contributed by atoms with E-state index in [1.54, 1.807) is 0 Å². The van der Waals surface area contributed by atoms with Crippen LogP contribution in [0, 0.1) is 20.8 Å². The van der Waals surface area contributed by atoms with Crippen LogP contribution in [0.1, 0.15) is 22.4 Å². The maximum Gasteiger partial charge on any atom is 0.175 e. The molecule has 88 valence electrons. The van der Waals surface area contributed by atoms with Crippen molar-refractivity contribution in [1.29, 1.82) is 0 Å². The molecule has 0 saturated carbocycles. The topological polar surface area (TPSA) is 67.1 Å². The molecule has 1 heterocycles. The Morgan fingerprint density at radius 3 is 2.29 bits per heavy atom. The Bertz CT molecular complexity index is 546. The molecular weight excluding hydrogens is 212 g/mol. The second-order valence-corrected chi connectivity index (χ2v) is 4.28. The lowest BCUT2D eigenvalue weighted by atomic mass is 10.1. The Kier molecular flexibility index (Phi) is 2.95. The van der Waals surface area contributed by atoms with E-state index in [0.29, 0.717) is 11.7 Å². The highest BCUT2D eigenvalue weighted by molar-refractivity contribution is 5.99. The maximum atomic E-state index is 5.97.